The lowest BCUT2D eigenvalue weighted by Gasteiger charge is -2.45. The summed E-state index contributed by atoms with van der Waals surface area (Å²) in [5.41, 5.74) is 3.33. The summed E-state index contributed by atoms with van der Waals surface area (Å²) in [6, 6.07) is 20.9. The Morgan fingerprint density at radius 3 is 2.71 bits per heavy atom. The van der Waals surface area contributed by atoms with Gasteiger partial charge in [0.05, 0.1) is 18.1 Å². The summed E-state index contributed by atoms with van der Waals surface area (Å²) in [4.78, 5) is 11.0. The molecule has 1 N–H and O–H groups in total. The minimum Gasteiger partial charge on any atom is -0.497 e. The number of hydrogen-bond acceptors (Lipinski definition) is 5. The lowest BCUT2D eigenvalue weighted by atomic mass is 9.68. The molecule has 2 heterocycles. The number of rotatable bonds is 4. The Kier molecular flexibility index (Phi) is 4.95. The first kappa shape index (κ1) is 20.0. The number of nitrogens with zero attached hydrogens (tertiary/aromatic N) is 1. The van der Waals surface area contributed by atoms with Gasteiger partial charge in [-0.3, -0.25) is 10.1 Å². The minimum atomic E-state index is -0.675. The molecule has 5 rings (SSSR count). The number of halogens is 1. The van der Waals surface area contributed by atoms with Gasteiger partial charge in [0, 0.05) is 40.4 Å². The van der Waals surface area contributed by atoms with E-state index in [9.17, 15) is 10.1 Å². The molecule has 0 unspecified atom stereocenters. The molecule has 1 saturated heterocycles. The number of ether oxygens (including phenoxy) is 2. The molecule has 3 aromatic rings. The second-order valence-corrected chi connectivity index (χ2v) is 8.79. The highest BCUT2D eigenvalue weighted by Gasteiger charge is 2.54. The maximum absolute atomic E-state index is 11.4. The average Bonchev–Trinajstić information content (AvgIpc) is 3.25. The van der Waals surface area contributed by atoms with E-state index >= 15 is 0 Å². The number of fused-ring (bicyclic) bond motifs is 3. The Labute approximate surface area is 188 Å². The number of anilines is 1. The van der Waals surface area contributed by atoms with Crippen molar-refractivity contribution in [1.82, 2.24) is 0 Å². The Hall–Kier alpha value is -2.90. The van der Waals surface area contributed by atoms with E-state index in [1.165, 1.54) is 6.07 Å². The van der Waals surface area contributed by atoms with E-state index in [2.05, 4.69) is 33.4 Å². The smallest absolute Gasteiger partial charge is 0.269 e. The van der Waals surface area contributed by atoms with Gasteiger partial charge in [-0.2, -0.15) is 0 Å². The summed E-state index contributed by atoms with van der Waals surface area (Å²) >= 11 is 3.53. The summed E-state index contributed by atoms with van der Waals surface area (Å²) in [6.07, 6.45) is 0.826. The van der Waals surface area contributed by atoms with E-state index in [-0.39, 0.29) is 22.6 Å². The number of methoxy groups -OCH3 is 1. The molecule has 0 amide bonds. The van der Waals surface area contributed by atoms with Gasteiger partial charge in [0.25, 0.3) is 5.69 Å². The summed E-state index contributed by atoms with van der Waals surface area (Å²) in [6.45, 7) is 0.602. The highest BCUT2D eigenvalue weighted by molar-refractivity contribution is 9.10. The van der Waals surface area contributed by atoms with Crippen LogP contribution in [0.25, 0.3) is 0 Å². The highest BCUT2D eigenvalue weighted by Crippen LogP contribution is 2.57. The van der Waals surface area contributed by atoms with Gasteiger partial charge in [0.2, 0.25) is 0 Å². The monoisotopic (exact) mass is 480 g/mol. The average molecular weight is 481 g/mol. The molecular formula is C24H21BrN2O4. The van der Waals surface area contributed by atoms with Crippen molar-refractivity contribution in [2.45, 2.75) is 18.1 Å². The van der Waals surface area contributed by atoms with Crippen molar-refractivity contribution in [3.05, 3.63) is 98.0 Å². The lowest BCUT2D eigenvalue weighted by Crippen LogP contribution is -2.43. The van der Waals surface area contributed by atoms with E-state index in [0.717, 1.165) is 39.0 Å². The van der Waals surface area contributed by atoms with Crippen molar-refractivity contribution in [3.8, 4) is 5.75 Å². The number of benzene rings is 3. The minimum absolute atomic E-state index is 0.0512. The SMILES string of the molecule is COc1ccc2c(c1)[C@@]1(c3ccc(Br)cc3)OCC[C@H]1[C@H](c1cccc([N+](=O)[O-])c1)N2. The second kappa shape index (κ2) is 7.66. The van der Waals surface area contributed by atoms with E-state index < -0.39 is 5.60 Å². The summed E-state index contributed by atoms with van der Waals surface area (Å²) in [7, 11) is 1.66. The van der Waals surface area contributed by atoms with E-state index in [1.807, 2.05) is 36.4 Å². The third-order valence-corrected chi connectivity index (χ3v) is 6.86. The van der Waals surface area contributed by atoms with Crippen molar-refractivity contribution < 1.29 is 14.4 Å². The maximum Gasteiger partial charge on any atom is 0.269 e. The fraction of sp³-hybridized carbons (Fsp3) is 0.250. The van der Waals surface area contributed by atoms with Gasteiger partial charge < -0.3 is 14.8 Å². The normalized spacial score (nSPS) is 24.1. The lowest BCUT2D eigenvalue weighted by molar-refractivity contribution is -0.384. The fourth-order valence-electron chi connectivity index (χ4n) is 4.99. The molecular weight excluding hydrogens is 460 g/mol. The van der Waals surface area contributed by atoms with Gasteiger partial charge in [0.1, 0.15) is 11.4 Å². The first-order valence-electron chi connectivity index (χ1n) is 10.1. The molecule has 158 valence electrons. The first-order valence-corrected chi connectivity index (χ1v) is 10.9. The van der Waals surface area contributed by atoms with E-state index in [1.54, 1.807) is 19.2 Å². The van der Waals surface area contributed by atoms with Crippen LogP contribution >= 0.6 is 15.9 Å². The van der Waals surface area contributed by atoms with Crippen LogP contribution in [0.3, 0.4) is 0 Å². The third kappa shape index (κ3) is 3.20. The third-order valence-electron chi connectivity index (χ3n) is 6.33. The van der Waals surface area contributed by atoms with Crippen LogP contribution in [0.1, 0.15) is 29.2 Å². The molecule has 31 heavy (non-hydrogen) atoms. The molecule has 0 aromatic heterocycles. The van der Waals surface area contributed by atoms with Crippen molar-refractivity contribution in [2.75, 3.05) is 19.0 Å². The molecule has 0 radical (unpaired) electrons. The molecule has 0 aliphatic carbocycles. The first-order chi connectivity index (χ1) is 15.0. The van der Waals surface area contributed by atoms with Gasteiger partial charge in [-0.15, -0.1) is 0 Å². The number of hydrogen-bond donors (Lipinski definition) is 1. The van der Waals surface area contributed by atoms with Crippen LogP contribution < -0.4 is 10.1 Å². The van der Waals surface area contributed by atoms with Crippen LogP contribution in [-0.4, -0.2) is 18.6 Å². The van der Waals surface area contributed by atoms with E-state index in [4.69, 9.17) is 9.47 Å². The van der Waals surface area contributed by atoms with Gasteiger partial charge in [-0.1, -0.05) is 40.2 Å². The molecule has 7 heteroatoms. The van der Waals surface area contributed by atoms with Crippen molar-refractivity contribution in [1.29, 1.82) is 0 Å². The predicted octanol–water partition coefficient (Wildman–Crippen LogP) is 5.81. The quantitative estimate of drug-likeness (QED) is 0.376. The molecule has 0 saturated carbocycles. The Bertz CT molecular complexity index is 1150. The van der Waals surface area contributed by atoms with Crippen LogP contribution in [0, 0.1) is 16.0 Å². The van der Waals surface area contributed by atoms with Crippen LogP contribution in [0.2, 0.25) is 0 Å². The zero-order chi connectivity index (χ0) is 21.6. The topological polar surface area (TPSA) is 73.6 Å². The summed E-state index contributed by atoms with van der Waals surface area (Å²) in [5.74, 6) is 0.815. The number of nitro groups is 1. The predicted molar refractivity (Wildman–Crippen MR) is 121 cm³/mol. The summed E-state index contributed by atoms with van der Waals surface area (Å²) < 4.78 is 13.1. The fourth-order valence-corrected chi connectivity index (χ4v) is 5.25. The van der Waals surface area contributed by atoms with Crippen molar-refractivity contribution in [3.63, 3.8) is 0 Å². The number of non-ortho nitro benzene ring substituents is 1. The van der Waals surface area contributed by atoms with E-state index in [0.29, 0.717) is 6.61 Å². The molecule has 3 aromatic carbocycles. The summed E-state index contributed by atoms with van der Waals surface area (Å²) in [5, 5.41) is 15.0. The Balaban J connectivity index is 1.72. The largest absolute Gasteiger partial charge is 0.497 e. The number of nitro benzene ring substituents is 1. The Morgan fingerprint density at radius 2 is 1.97 bits per heavy atom. The molecule has 3 atom stereocenters. The van der Waals surface area contributed by atoms with Crippen LogP contribution in [0.5, 0.6) is 5.75 Å². The molecule has 6 nitrogen and oxygen atoms in total. The molecule has 2 aliphatic rings. The van der Waals surface area contributed by atoms with Gasteiger partial charge >= 0.3 is 0 Å². The standard InChI is InChI=1S/C24H21BrN2O4/c1-30-19-9-10-22-21(14-19)24(16-5-7-17(25)8-6-16)20(11-12-31-24)23(26-22)15-3-2-4-18(13-15)27(28)29/h2-10,13-14,20,23,26H,11-12H2,1H3/t20-,23-,24-/m0/s1. The molecule has 0 spiro atoms. The van der Waals surface area contributed by atoms with Gasteiger partial charge in [0.15, 0.2) is 0 Å². The zero-order valence-electron chi connectivity index (χ0n) is 16.9. The van der Waals surface area contributed by atoms with Crippen LogP contribution in [-0.2, 0) is 10.3 Å². The molecule has 0 bridgehead atoms. The van der Waals surface area contributed by atoms with Crippen molar-refractivity contribution >= 4 is 27.3 Å². The number of nitrogens with one attached hydrogen (secondary N) is 1. The molecule has 2 aliphatic heterocycles. The highest BCUT2D eigenvalue weighted by atomic mass is 79.9. The Morgan fingerprint density at radius 1 is 1.16 bits per heavy atom. The van der Waals surface area contributed by atoms with Gasteiger partial charge in [-0.05, 0) is 47.9 Å². The second-order valence-electron chi connectivity index (χ2n) is 7.87. The van der Waals surface area contributed by atoms with Gasteiger partial charge in [-0.25, -0.2) is 0 Å². The van der Waals surface area contributed by atoms with Crippen LogP contribution in [0.4, 0.5) is 11.4 Å². The molecule has 1 fully saturated rings. The zero-order valence-corrected chi connectivity index (χ0v) is 18.5. The maximum atomic E-state index is 11.4. The van der Waals surface area contributed by atoms with Crippen LogP contribution in [0.15, 0.2) is 71.2 Å². The van der Waals surface area contributed by atoms with Crippen molar-refractivity contribution in [2.24, 2.45) is 5.92 Å².